The number of benzene rings is 4. The van der Waals surface area contributed by atoms with Gasteiger partial charge in [-0.3, -0.25) is 0 Å². The van der Waals surface area contributed by atoms with Crippen molar-refractivity contribution in [3.05, 3.63) is 121 Å². The largest absolute Gasteiger partial charge is 0.509 e. The number of quaternary nitrogens is 2. The van der Waals surface area contributed by atoms with E-state index in [1.807, 2.05) is 49.3 Å². The molecular formula is C40H39N4OPt-. The molecule has 2 bridgehead atoms. The van der Waals surface area contributed by atoms with Crippen molar-refractivity contribution in [2.75, 3.05) is 13.6 Å². The molecule has 1 saturated heterocycles. The molecule has 0 saturated carbocycles. The van der Waals surface area contributed by atoms with Gasteiger partial charge < -0.3 is 18.3 Å². The Morgan fingerprint density at radius 1 is 0.804 bits per heavy atom. The summed E-state index contributed by atoms with van der Waals surface area (Å²) in [4.78, 5) is 4.79. The number of pyridine rings is 1. The minimum atomic E-state index is -2.21. The van der Waals surface area contributed by atoms with E-state index in [4.69, 9.17) is 13.8 Å². The first-order valence-electron chi connectivity index (χ1n) is 17.0. The Bertz CT molecular complexity index is 2260. The van der Waals surface area contributed by atoms with Crippen LogP contribution in [0.4, 0.5) is 17.1 Å². The second-order valence-electron chi connectivity index (χ2n) is 14.5. The minimum absolute atomic E-state index is 0. The molecule has 6 aromatic rings. The number of hydrogen-bond donors (Lipinski definition) is 0. The van der Waals surface area contributed by atoms with E-state index in [-0.39, 0.29) is 36.4 Å². The van der Waals surface area contributed by atoms with Crippen molar-refractivity contribution in [1.82, 2.24) is 18.5 Å². The Kier molecular flexibility index (Phi) is 6.17. The zero-order chi connectivity index (χ0) is 33.9. The van der Waals surface area contributed by atoms with Gasteiger partial charge in [0.15, 0.2) is 18.0 Å². The van der Waals surface area contributed by atoms with Crippen LogP contribution in [-0.4, -0.2) is 23.2 Å². The van der Waals surface area contributed by atoms with Gasteiger partial charge in [-0.2, -0.15) is 12.1 Å². The fraction of sp³-hybridized carbons (Fsp3) is 0.250. The molecule has 236 valence electrons. The molecule has 0 unspecified atom stereocenters. The van der Waals surface area contributed by atoms with Gasteiger partial charge in [-0.15, -0.1) is 29.7 Å². The second kappa shape index (κ2) is 10.4. The first-order chi connectivity index (χ1) is 22.6. The van der Waals surface area contributed by atoms with Gasteiger partial charge in [0.05, 0.1) is 17.8 Å². The van der Waals surface area contributed by atoms with Crippen LogP contribution in [0.5, 0.6) is 11.5 Å². The summed E-state index contributed by atoms with van der Waals surface area (Å²) in [5.74, 6) is 1.93. The van der Waals surface area contributed by atoms with Gasteiger partial charge in [0.1, 0.15) is 5.82 Å². The Morgan fingerprint density at radius 2 is 1.54 bits per heavy atom. The second-order valence-corrected chi connectivity index (χ2v) is 14.5. The van der Waals surface area contributed by atoms with Crippen LogP contribution in [0, 0.1) is 18.8 Å². The van der Waals surface area contributed by atoms with Gasteiger partial charge in [0, 0.05) is 62.1 Å². The van der Waals surface area contributed by atoms with Crippen molar-refractivity contribution < 1.29 is 29.9 Å². The summed E-state index contributed by atoms with van der Waals surface area (Å²) in [6.45, 7) is 13.2. The van der Waals surface area contributed by atoms with E-state index in [2.05, 4.69) is 107 Å². The van der Waals surface area contributed by atoms with Crippen molar-refractivity contribution in [2.24, 2.45) is 0 Å². The van der Waals surface area contributed by atoms with E-state index >= 15 is 0 Å². The molecule has 5 nitrogen and oxygen atoms in total. The van der Waals surface area contributed by atoms with Crippen LogP contribution in [0.3, 0.4) is 0 Å². The third-order valence-corrected chi connectivity index (χ3v) is 9.34. The molecule has 0 aliphatic carbocycles. The molecule has 2 aromatic heterocycles. The fourth-order valence-electron chi connectivity index (χ4n) is 6.88. The molecule has 1 fully saturated rings. The number of aromatic nitrogens is 2. The van der Waals surface area contributed by atoms with Crippen molar-refractivity contribution in [2.45, 2.75) is 52.4 Å². The maximum absolute atomic E-state index is 8.46. The maximum atomic E-state index is 8.46. The van der Waals surface area contributed by atoms with E-state index in [9.17, 15) is 0 Å². The predicted molar refractivity (Wildman–Crippen MR) is 185 cm³/mol. The number of rotatable bonds is 4. The zero-order valence-electron chi connectivity index (χ0n) is 30.0. The number of para-hydroxylation sites is 1. The number of nitrogens with zero attached hydrogens (tertiary/aromatic N) is 4. The van der Waals surface area contributed by atoms with Gasteiger partial charge in [-0.25, -0.2) is 4.98 Å². The van der Waals surface area contributed by atoms with Crippen LogP contribution in [0.15, 0.2) is 91.1 Å². The monoisotopic (exact) mass is 789 g/mol. The first kappa shape index (κ1) is 27.4. The third-order valence-electron chi connectivity index (χ3n) is 9.34. The molecule has 2 atom stereocenters. The number of hydrogen-bond acceptors (Lipinski definition) is 2. The van der Waals surface area contributed by atoms with Gasteiger partial charge in [-0.05, 0) is 45.5 Å². The molecular weight excluding hydrogens is 748 g/mol. The zero-order valence-corrected chi connectivity index (χ0v) is 29.2. The molecule has 6 heteroatoms. The molecule has 0 N–H and O–H groups in total. The fourth-order valence-corrected chi connectivity index (χ4v) is 6.88. The third kappa shape index (κ3) is 4.67. The van der Waals surface area contributed by atoms with Crippen LogP contribution in [0.1, 0.15) is 56.8 Å². The van der Waals surface area contributed by atoms with Crippen LogP contribution in [0.25, 0.3) is 27.6 Å². The SMILES string of the molecule is [2H]C([2H])([2H])[N@+]12[CH-][N@+](c3[c-]c(Oc4[c-]c5c(cc4)c4ccccc4n5-c4cc(C(C)(C)C)ccn4)ccc3)(C1)c1cc(C(C)(C)C)ccc12.[Pt]. The topological polar surface area (TPSA) is 27.1 Å². The molecule has 0 amide bonds. The molecule has 3 aliphatic rings. The molecule has 0 radical (unpaired) electrons. The number of fused-ring (bicyclic) bond motifs is 3. The van der Waals surface area contributed by atoms with E-state index < -0.39 is 6.98 Å². The first-order valence-corrected chi connectivity index (χ1v) is 15.5. The van der Waals surface area contributed by atoms with E-state index in [1.165, 1.54) is 5.56 Å². The van der Waals surface area contributed by atoms with Crippen molar-refractivity contribution in [3.63, 3.8) is 0 Å². The predicted octanol–water partition coefficient (Wildman–Crippen LogP) is 9.84. The summed E-state index contributed by atoms with van der Waals surface area (Å²) in [6.07, 6.45) is 1.87. The minimum Gasteiger partial charge on any atom is -0.509 e. The standard InChI is InChI=1S/C40H39N4O.Pt/c1-39(2,3)27-15-18-36-37(21-27)44(25-43(36,7)26-44)29-11-10-12-30(23-29)45-31-16-17-33-32-13-8-9-14-34(32)42(35(33)24-31)38-22-28(19-20-41-38)40(4,5)6;/h8-22,25H,26H2,1-7H3;/q-1;/t43-,44+;/m0./s1/i7D3;. The molecule has 9 rings (SSSR count). The van der Waals surface area contributed by atoms with Crippen LogP contribution in [-0.2, 0) is 31.9 Å². The van der Waals surface area contributed by atoms with Crippen molar-refractivity contribution in [1.29, 1.82) is 0 Å². The smallest absolute Gasteiger partial charge is 0.179 e. The van der Waals surface area contributed by atoms with Crippen LogP contribution < -0.4 is 13.7 Å². The Hall–Kier alpha value is -3.76. The van der Waals surface area contributed by atoms with E-state index in [0.29, 0.717) is 22.7 Å². The number of ether oxygens (including phenoxy) is 1. The molecule has 0 spiro atoms. The van der Waals surface area contributed by atoms with Gasteiger partial charge in [0.25, 0.3) is 0 Å². The summed E-state index contributed by atoms with van der Waals surface area (Å²) in [5, 5.41) is 2.18. The Morgan fingerprint density at radius 3 is 2.30 bits per heavy atom. The van der Waals surface area contributed by atoms with Crippen molar-refractivity contribution >= 4 is 38.9 Å². The molecule has 5 heterocycles. The van der Waals surface area contributed by atoms with Gasteiger partial charge >= 0.3 is 0 Å². The average Bonchev–Trinajstić information content (AvgIpc) is 3.61. The summed E-state index contributed by atoms with van der Waals surface area (Å²) in [7, 11) is 0. The van der Waals surface area contributed by atoms with Crippen molar-refractivity contribution in [3.8, 4) is 17.3 Å². The summed E-state index contributed by atoms with van der Waals surface area (Å²) in [5.41, 5.74) is 6.83. The maximum Gasteiger partial charge on any atom is 0.179 e. The van der Waals surface area contributed by atoms with Gasteiger partial charge in [-0.1, -0.05) is 77.4 Å². The summed E-state index contributed by atoms with van der Waals surface area (Å²) in [6, 6.07) is 35.7. The average molecular weight is 790 g/mol. The van der Waals surface area contributed by atoms with Crippen LogP contribution in [0.2, 0.25) is 0 Å². The Labute approximate surface area is 290 Å². The molecule has 4 aromatic carbocycles. The Balaban J connectivity index is 0.00000378. The normalized spacial score (nSPS) is 21.6. The summed E-state index contributed by atoms with van der Waals surface area (Å²) >= 11 is 0. The van der Waals surface area contributed by atoms with Crippen LogP contribution >= 0.6 is 0 Å². The van der Waals surface area contributed by atoms with Gasteiger partial charge in [0.2, 0.25) is 0 Å². The molecule has 3 aliphatic heterocycles. The quantitative estimate of drug-likeness (QED) is 0.131. The molecule has 46 heavy (non-hydrogen) atoms. The van der Waals surface area contributed by atoms with E-state index in [1.54, 1.807) is 0 Å². The summed E-state index contributed by atoms with van der Waals surface area (Å²) < 4.78 is 34.2. The van der Waals surface area contributed by atoms with E-state index in [0.717, 1.165) is 50.2 Å².